The van der Waals surface area contributed by atoms with Crippen molar-refractivity contribution in [3.05, 3.63) is 30.3 Å². The third-order valence-corrected chi connectivity index (χ3v) is 2.69. The summed E-state index contributed by atoms with van der Waals surface area (Å²) in [5.74, 6) is -0.977. The maximum atomic E-state index is 11.7. The zero-order valence-corrected chi connectivity index (χ0v) is 12.6. The van der Waals surface area contributed by atoms with Gasteiger partial charge in [0.25, 0.3) is 5.91 Å². The van der Waals surface area contributed by atoms with Gasteiger partial charge < -0.3 is 15.2 Å². The number of imide groups is 1. The van der Waals surface area contributed by atoms with Crippen LogP contribution >= 0.6 is 0 Å². The normalized spacial score (nSPS) is 11.6. The molecule has 0 aliphatic carbocycles. The highest BCUT2D eigenvalue weighted by Gasteiger charge is 2.27. The van der Waals surface area contributed by atoms with Gasteiger partial charge in [-0.3, -0.25) is 14.9 Å². The third kappa shape index (κ3) is 6.25. The Morgan fingerprint density at radius 2 is 1.82 bits per heavy atom. The molecule has 22 heavy (non-hydrogen) atoms. The molecule has 0 heterocycles. The number of nitrogens with two attached hydrogens (primary N) is 1. The van der Waals surface area contributed by atoms with Crippen LogP contribution in [0.3, 0.4) is 0 Å². The summed E-state index contributed by atoms with van der Waals surface area (Å²) < 4.78 is 10.4. The van der Waals surface area contributed by atoms with E-state index in [-0.39, 0.29) is 18.9 Å². The van der Waals surface area contributed by atoms with Crippen molar-refractivity contribution in [1.29, 1.82) is 0 Å². The van der Waals surface area contributed by atoms with Gasteiger partial charge >= 0.3 is 12.0 Å². The van der Waals surface area contributed by atoms with Crippen LogP contribution in [0, 0.1) is 5.92 Å². The molecule has 1 atom stereocenters. The Labute approximate surface area is 128 Å². The van der Waals surface area contributed by atoms with E-state index in [1.54, 1.807) is 26.0 Å². The number of carbonyl (C=O) groups excluding carboxylic acids is 3. The predicted octanol–water partition coefficient (Wildman–Crippen LogP) is 1.22. The van der Waals surface area contributed by atoms with Crippen LogP contribution in [0.1, 0.15) is 20.3 Å². The number of esters is 1. The lowest BCUT2D eigenvalue weighted by Crippen LogP contribution is -2.45. The summed E-state index contributed by atoms with van der Waals surface area (Å²) in [5, 5.41) is 1.90. The van der Waals surface area contributed by atoms with Crippen molar-refractivity contribution in [3.8, 4) is 5.75 Å². The van der Waals surface area contributed by atoms with Gasteiger partial charge in [-0.25, -0.2) is 4.79 Å². The highest BCUT2D eigenvalue weighted by Crippen LogP contribution is 2.10. The number of benzene rings is 1. The van der Waals surface area contributed by atoms with Crippen LogP contribution in [-0.4, -0.2) is 30.6 Å². The second kappa shape index (κ2) is 8.66. The maximum Gasteiger partial charge on any atom is 0.318 e. The molecule has 7 nitrogen and oxygen atoms in total. The number of primary amides is 1. The number of hydrogen-bond acceptors (Lipinski definition) is 5. The van der Waals surface area contributed by atoms with Crippen LogP contribution in [0.15, 0.2) is 30.3 Å². The van der Waals surface area contributed by atoms with Gasteiger partial charge in [0.05, 0.1) is 13.0 Å². The lowest BCUT2D eigenvalue weighted by atomic mass is 10.1. The molecule has 0 radical (unpaired) electrons. The van der Waals surface area contributed by atoms with Gasteiger partial charge in [-0.05, 0) is 18.1 Å². The van der Waals surface area contributed by atoms with Crippen molar-refractivity contribution in [2.45, 2.75) is 26.4 Å². The largest absolute Gasteiger partial charge is 0.493 e. The summed E-state index contributed by atoms with van der Waals surface area (Å²) in [4.78, 5) is 34.1. The van der Waals surface area contributed by atoms with E-state index in [2.05, 4.69) is 0 Å². The van der Waals surface area contributed by atoms with Gasteiger partial charge in [0.1, 0.15) is 5.75 Å². The molecule has 0 aliphatic rings. The first-order valence-corrected chi connectivity index (χ1v) is 6.87. The Morgan fingerprint density at radius 3 is 2.36 bits per heavy atom. The average Bonchev–Trinajstić information content (AvgIpc) is 2.44. The number of hydrogen-bond donors (Lipinski definition) is 2. The van der Waals surface area contributed by atoms with E-state index in [0.717, 1.165) is 0 Å². The fourth-order valence-electron chi connectivity index (χ4n) is 1.65. The van der Waals surface area contributed by atoms with Crippen molar-refractivity contribution in [2.75, 3.05) is 6.61 Å². The molecule has 0 aromatic heterocycles. The van der Waals surface area contributed by atoms with Gasteiger partial charge in [-0.2, -0.15) is 0 Å². The number of ether oxygens (including phenoxy) is 2. The fourth-order valence-corrected chi connectivity index (χ4v) is 1.65. The number of carbonyl (C=O) groups is 3. The molecule has 1 aromatic carbocycles. The molecule has 0 spiro atoms. The van der Waals surface area contributed by atoms with E-state index in [1.807, 2.05) is 23.5 Å². The van der Waals surface area contributed by atoms with Gasteiger partial charge in [0, 0.05) is 0 Å². The van der Waals surface area contributed by atoms with Crippen LogP contribution in [0.2, 0.25) is 0 Å². The van der Waals surface area contributed by atoms with Gasteiger partial charge in [-0.15, -0.1) is 0 Å². The zero-order chi connectivity index (χ0) is 16.5. The van der Waals surface area contributed by atoms with E-state index >= 15 is 0 Å². The monoisotopic (exact) mass is 308 g/mol. The fraction of sp³-hybridized carbons (Fsp3) is 0.400. The molecular weight excluding hydrogens is 288 g/mol. The molecule has 0 unspecified atom stereocenters. The molecule has 1 rings (SSSR count). The zero-order valence-electron chi connectivity index (χ0n) is 12.6. The number of urea groups is 1. The first-order valence-electron chi connectivity index (χ1n) is 6.87. The van der Waals surface area contributed by atoms with E-state index in [1.165, 1.54) is 0 Å². The van der Waals surface area contributed by atoms with Crippen molar-refractivity contribution in [2.24, 2.45) is 11.7 Å². The van der Waals surface area contributed by atoms with Gasteiger partial charge in [0.15, 0.2) is 6.10 Å². The van der Waals surface area contributed by atoms with Crippen molar-refractivity contribution >= 4 is 17.9 Å². The second-order valence-electron chi connectivity index (χ2n) is 4.92. The Bertz CT molecular complexity index is 516. The Morgan fingerprint density at radius 1 is 1.18 bits per heavy atom. The predicted molar refractivity (Wildman–Crippen MR) is 79.0 cm³/mol. The van der Waals surface area contributed by atoms with Crippen molar-refractivity contribution in [3.63, 3.8) is 0 Å². The van der Waals surface area contributed by atoms with Crippen LogP contribution in [0.4, 0.5) is 4.79 Å². The first-order chi connectivity index (χ1) is 10.4. The molecule has 0 aliphatic heterocycles. The number of rotatable bonds is 7. The minimum atomic E-state index is -1.07. The minimum absolute atomic E-state index is 0.0119. The van der Waals surface area contributed by atoms with Gasteiger partial charge in [-0.1, -0.05) is 32.0 Å². The maximum absolute atomic E-state index is 11.7. The standard InChI is InChI=1S/C15H20N2O5/c1-10(2)13(14(19)17-15(16)20)22-12(18)8-9-21-11-6-4-3-5-7-11/h3-7,10,13H,8-9H2,1-2H3,(H3,16,17,19,20)/t13-/m0/s1. The summed E-state index contributed by atoms with van der Waals surface area (Å²) in [6.07, 6.45) is -1.08. The summed E-state index contributed by atoms with van der Waals surface area (Å²) >= 11 is 0. The number of para-hydroxylation sites is 1. The highest BCUT2D eigenvalue weighted by atomic mass is 16.6. The molecule has 0 saturated carbocycles. The molecule has 120 valence electrons. The highest BCUT2D eigenvalue weighted by molar-refractivity contribution is 5.96. The smallest absolute Gasteiger partial charge is 0.318 e. The van der Waals surface area contributed by atoms with Crippen LogP contribution in [0.5, 0.6) is 5.75 Å². The second-order valence-corrected chi connectivity index (χ2v) is 4.92. The third-order valence-electron chi connectivity index (χ3n) is 2.69. The summed E-state index contributed by atoms with van der Waals surface area (Å²) in [6.45, 7) is 3.52. The van der Waals surface area contributed by atoms with E-state index < -0.39 is 24.0 Å². The summed E-state index contributed by atoms with van der Waals surface area (Å²) in [6, 6.07) is 8.03. The Kier molecular flexibility index (Phi) is 6.88. The average molecular weight is 308 g/mol. The Balaban J connectivity index is 2.43. The number of nitrogens with one attached hydrogen (secondary N) is 1. The van der Waals surface area contributed by atoms with Crippen molar-refractivity contribution in [1.82, 2.24) is 5.32 Å². The van der Waals surface area contributed by atoms with Crippen molar-refractivity contribution < 1.29 is 23.9 Å². The van der Waals surface area contributed by atoms with E-state index in [0.29, 0.717) is 5.75 Å². The molecule has 7 heteroatoms. The number of amides is 3. The van der Waals surface area contributed by atoms with E-state index in [9.17, 15) is 14.4 Å². The molecule has 0 bridgehead atoms. The lowest BCUT2D eigenvalue weighted by Gasteiger charge is -2.19. The molecule has 0 saturated heterocycles. The summed E-state index contributed by atoms with van der Waals surface area (Å²) in [7, 11) is 0. The molecular formula is C15H20N2O5. The lowest BCUT2D eigenvalue weighted by molar-refractivity contribution is -0.158. The topological polar surface area (TPSA) is 108 Å². The first kappa shape index (κ1) is 17.5. The van der Waals surface area contributed by atoms with Crippen LogP contribution < -0.4 is 15.8 Å². The quantitative estimate of drug-likeness (QED) is 0.736. The minimum Gasteiger partial charge on any atom is -0.493 e. The van der Waals surface area contributed by atoms with Crippen LogP contribution in [-0.2, 0) is 14.3 Å². The molecule has 3 N–H and O–H groups in total. The molecule has 0 fully saturated rings. The molecule has 3 amide bonds. The Hall–Kier alpha value is -2.57. The molecule has 1 aromatic rings. The van der Waals surface area contributed by atoms with Crippen LogP contribution in [0.25, 0.3) is 0 Å². The van der Waals surface area contributed by atoms with E-state index in [4.69, 9.17) is 15.2 Å². The summed E-state index contributed by atoms with van der Waals surface area (Å²) in [5.41, 5.74) is 4.88. The van der Waals surface area contributed by atoms with Gasteiger partial charge in [0.2, 0.25) is 0 Å². The SMILES string of the molecule is CC(C)[C@H](OC(=O)CCOc1ccccc1)C(=O)NC(N)=O.